The first-order chi connectivity index (χ1) is 10.3. The second kappa shape index (κ2) is 7.84. The molecule has 0 aromatic heterocycles. The Labute approximate surface area is 133 Å². The van der Waals surface area contributed by atoms with Gasteiger partial charge in [0.2, 0.25) is 5.91 Å². The predicted octanol–water partition coefficient (Wildman–Crippen LogP) is 1.56. The Kier molecular flexibility index (Phi) is 5.83. The SMILES string of the molecule is O=C(CSC1CCNCC1)N1CCC(N2CCCC2)CC1. The topological polar surface area (TPSA) is 35.6 Å². The standard InChI is InChI=1S/C16H29N3OS/c20-16(13-21-15-3-7-17-8-4-15)19-11-5-14(6-12-19)18-9-1-2-10-18/h14-15,17H,1-13H2. The van der Waals surface area contributed by atoms with Crippen LogP contribution in [0.25, 0.3) is 0 Å². The number of piperidine rings is 2. The van der Waals surface area contributed by atoms with E-state index in [9.17, 15) is 4.79 Å². The smallest absolute Gasteiger partial charge is 0.232 e. The molecule has 3 rings (SSSR count). The number of carbonyl (C=O) groups excluding carboxylic acids is 1. The molecule has 3 heterocycles. The molecule has 0 unspecified atom stereocenters. The van der Waals surface area contributed by atoms with Crippen molar-refractivity contribution >= 4 is 17.7 Å². The Morgan fingerprint density at radius 2 is 1.67 bits per heavy atom. The van der Waals surface area contributed by atoms with Crippen LogP contribution in [0.2, 0.25) is 0 Å². The number of rotatable bonds is 4. The van der Waals surface area contributed by atoms with Gasteiger partial charge in [0.15, 0.2) is 0 Å². The highest BCUT2D eigenvalue weighted by molar-refractivity contribution is 8.00. The first kappa shape index (κ1) is 15.6. The molecule has 0 radical (unpaired) electrons. The minimum atomic E-state index is 0.374. The summed E-state index contributed by atoms with van der Waals surface area (Å²) in [6.07, 6.45) is 7.54. The number of likely N-dealkylation sites (tertiary alicyclic amines) is 2. The zero-order chi connectivity index (χ0) is 14.5. The van der Waals surface area contributed by atoms with Gasteiger partial charge in [-0.1, -0.05) is 0 Å². The lowest BCUT2D eigenvalue weighted by Gasteiger charge is -2.36. The lowest BCUT2D eigenvalue weighted by molar-refractivity contribution is -0.129. The summed E-state index contributed by atoms with van der Waals surface area (Å²) < 4.78 is 0. The molecule has 4 nitrogen and oxygen atoms in total. The summed E-state index contributed by atoms with van der Waals surface area (Å²) in [6.45, 7) is 6.76. The monoisotopic (exact) mass is 311 g/mol. The molecule has 0 aromatic carbocycles. The van der Waals surface area contributed by atoms with Crippen molar-refractivity contribution in [2.24, 2.45) is 0 Å². The highest BCUT2D eigenvalue weighted by Gasteiger charge is 2.28. The Hall–Kier alpha value is -0.260. The third-order valence-electron chi connectivity index (χ3n) is 5.20. The Morgan fingerprint density at radius 3 is 2.33 bits per heavy atom. The van der Waals surface area contributed by atoms with Crippen LogP contribution in [0, 0.1) is 0 Å². The molecule has 5 heteroatoms. The fourth-order valence-corrected chi connectivity index (χ4v) is 4.96. The highest BCUT2D eigenvalue weighted by atomic mass is 32.2. The van der Waals surface area contributed by atoms with E-state index in [1.807, 2.05) is 11.8 Å². The van der Waals surface area contributed by atoms with Crippen LogP contribution >= 0.6 is 11.8 Å². The van der Waals surface area contributed by atoms with Crippen LogP contribution in [0.5, 0.6) is 0 Å². The van der Waals surface area contributed by atoms with Gasteiger partial charge in [0.25, 0.3) is 0 Å². The van der Waals surface area contributed by atoms with Gasteiger partial charge in [-0.05, 0) is 64.7 Å². The molecule has 1 N–H and O–H groups in total. The maximum absolute atomic E-state index is 12.3. The van der Waals surface area contributed by atoms with Crippen LogP contribution in [0.3, 0.4) is 0 Å². The van der Waals surface area contributed by atoms with Crippen LogP contribution in [-0.2, 0) is 4.79 Å². The van der Waals surface area contributed by atoms with Gasteiger partial charge in [-0.3, -0.25) is 4.79 Å². The van der Waals surface area contributed by atoms with E-state index in [-0.39, 0.29) is 0 Å². The number of carbonyl (C=O) groups is 1. The third-order valence-corrected chi connectivity index (χ3v) is 6.56. The van der Waals surface area contributed by atoms with Gasteiger partial charge in [0.1, 0.15) is 0 Å². The predicted molar refractivity (Wildman–Crippen MR) is 88.8 cm³/mol. The van der Waals surface area contributed by atoms with Crippen molar-refractivity contribution < 1.29 is 4.79 Å². The largest absolute Gasteiger partial charge is 0.342 e. The molecule has 0 atom stereocenters. The second-order valence-electron chi connectivity index (χ2n) is 6.62. The minimum absolute atomic E-state index is 0.374. The van der Waals surface area contributed by atoms with Crippen LogP contribution in [0.1, 0.15) is 38.5 Å². The molecular formula is C16H29N3OS. The second-order valence-corrected chi connectivity index (χ2v) is 7.90. The van der Waals surface area contributed by atoms with E-state index in [1.54, 1.807) is 0 Å². The summed E-state index contributed by atoms with van der Waals surface area (Å²) in [5, 5.41) is 4.08. The number of hydrogen-bond acceptors (Lipinski definition) is 4. The normalized spacial score (nSPS) is 26.4. The number of nitrogens with zero attached hydrogens (tertiary/aromatic N) is 2. The first-order valence-corrected chi connectivity index (χ1v) is 9.72. The van der Waals surface area contributed by atoms with E-state index < -0.39 is 0 Å². The molecule has 3 saturated heterocycles. The molecule has 0 spiro atoms. The molecule has 3 aliphatic heterocycles. The van der Waals surface area contributed by atoms with E-state index in [0.717, 1.165) is 32.2 Å². The Morgan fingerprint density at radius 1 is 1.00 bits per heavy atom. The molecule has 0 saturated carbocycles. The van der Waals surface area contributed by atoms with Crippen LogP contribution in [0.15, 0.2) is 0 Å². The van der Waals surface area contributed by atoms with Crippen LogP contribution in [-0.4, -0.2) is 72.0 Å². The van der Waals surface area contributed by atoms with Crippen molar-refractivity contribution in [1.29, 1.82) is 0 Å². The molecular weight excluding hydrogens is 282 g/mol. The Bertz CT molecular complexity index is 332. The summed E-state index contributed by atoms with van der Waals surface area (Å²) in [5.41, 5.74) is 0. The maximum Gasteiger partial charge on any atom is 0.232 e. The average molecular weight is 311 g/mol. The van der Waals surface area contributed by atoms with Gasteiger partial charge in [-0.2, -0.15) is 0 Å². The van der Waals surface area contributed by atoms with Crippen molar-refractivity contribution in [2.75, 3.05) is 45.0 Å². The Balaban J connectivity index is 1.36. The maximum atomic E-state index is 12.3. The van der Waals surface area contributed by atoms with Crippen LogP contribution < -0.4 is 5.32 Å². The quantitative estimate of drug-likeness (QED) is 0.855. The van der Waals surface area contributed by atoms with E-state index in [0.29, 0.717) is 16.9 Å². The van der Waals surface area contributed by atoms with Crippen molar-refractivity contribution in [3.8, 4) is 0 Å². The molecule has 0 bridgehead atoms. The van der Waals surface area contributed by atoms with Gasteiger partial charge >= 0.3 is 0 Å². The molecule has 3 fully saturated rings. The average Bonchev–Trinajstić information content (AvgIpc) is 3.08. The number of thioether (sulfide) groups is 1. The first-order valence-electron chi connectivity index (χ1n) is 8.67. The molecule has 21 heavy (non-hydrogen) atoms. The van der Waals surface area contributed by atoms with Gasteiger partial charge in [0.05, 0.1) is 5.75 Å². The minimum Gasteiger partial charge on any atom is -0.342 e. The fourth-order valence-electron chi connectivity index (χ4n) is 3.83. The van der Waals surface area contributed by atoms with Crippen molar-refractivity contribution in [2.45, 2.75) is 49.8 Å². The lowest BCUT2D eigenvalue weighted by Crippen LogP contribution is -2.46. The van der Waals surface area contributed by atoms with Crippen molar-refractivity contribution in [3.05, 3.63) is 0 Å². The van der Waals surface area contributed by atoms with E-state index in [4.69, 9.17) is 0 Å². The van der Waals surface area contributed by atoms with Gasteiger partial charge in [-0.15, -0.1) is 11.8 Å². The lowest BCUT2D eigenvalue weighted by atomic mass is 10.0. The summed E-state index contributed by atoms with van der Waals surface area (Å²) in [6, 6.07) is 0.744. The summed E-state index contributed by atoms with van der Waals surface area (Å²) in [7, 11) is 0. The summed E-state index contributed by atoms with van der Waals surface area (Å²) in [4.78, 5) is 17.1. The molecule has 1 amide bonds. The van der Waals surface area contributed by atoms with Gasteiger partial charge in [0, 0.05) is 24.4 Å². The molecule has 3 aliphatic rings. The third kappa shape index (κ3) is 4.36. The van der Waals surface area contributed by atoms with E-state index in [2.05, 4.69) is 15.1 Å². The zero-order valence-electron chi connectivity index (χ0n) is 13.1. The number of nitrogens with one attached hydrogen (secondary N) is 1. The molecule has 0 aliphatic carbocycles. The number of hydrogen-bond donors (Lipinski definition) is 1. The number of amides is 1. The summed E-state index contributed by atoms with van der Waals surface area (Å²) >= 11 is 1.88. The fraction of sp³-hybridized carbons (Fsp3) is 0.938. The zero-order valence-corrected chi connectivity index (χ0v) is 13.9. The van der Waals surface area contributed by atoms with Crippen LogP contribution in [0.4, 0.5) is 0 Å². The highest BCUT2D eigenvalue weighted by Crippen LogP contribution is 2.23. The van der Waals surface area contributed by atoms with Gasteiger partial charge < -0.3 is 15.1 Å². The molecule has 0 aromatic rings. The van der Waals surface area contributed by atoms with E-state index >= 15 is 0 Å². The van der Waals surface area contributed by atoms with Gasteiger partial charge in [-0.25, -0.2) is 0 Å². The van der Waals surface area contributed by atoms with E-state index in [1.165, 1.54) is 51.6 Å². The summed E-state index contributed by atoms with van der Waals surface area (Å²) in [5.74, 6) is 1.07. The van der Waals surface area contributed by atoms with Crippen molar-refractivity contribution in [1.82, 2.24) is 15.1 Å². The van der Waals surface area contributed by atoms with Crippen molar-refractivity contribution in [3.63, 3.8) is 0 Å². The molecule has 120 valence electrons.